The fourth-order valence-electron chi connectivity index (χ4n) is 4.20. The number of carbonyl (C=O) groups excluding carboxylic acids is 1. The third-order valence-corrected chi connectivity index (χ3v) is 7.22. The van der Waals surface area contributed by atoms with Gasteiger partial charge in [0.05, 0.1) is 17.9 Å². The number of hydrogen-bond donors (Lipinski definition) is 4. The van der Waals surface area contributed by atoms with Gasteiger partial charge in [0, 0.05) is 37.3 Å². The summed E-state index contributed by atoms with van der Waals surface area (Å²) >= 11 is 1.45. The summed E-state index contributed by atoms with van der Waals surface area (Å²) in [6.07, 6.45) is 8.84. The van der Waals surface area contributed by atoms with Crippen molar-refractivity contribution in [1.29, 1.82) is 0 Å². The first-order valence-electron chi connectivity index (χ1n) is 11.9. The zero-order valence-corrected chi connectivity index (χ0v) is 20.1. The topological polar surface area (TPSA) is 102 Å². The van der Waals surface area contributed by atoms with Crippen LogP contribution >= 0.6 is 11.9 Å². The SMILES string of the molecule is CCCCNc1nccc(NC(=O)c2ccc(NSCCO)cc2N2CCC3(CC2)CC3)n1. The Bertz CT molecular complexity index is 942. The van der Waals surface area contributed by atoms with E-state index in [9.17, 15) is 4.79 Å². The molecule has 2 fully saturated rings. The number of unbranched alkanes of at least 4 members (excludes halogenated alkanes) is 1. The third kappa shape index (κ3) is 6.29. The number of aromatic nitrogens is 2. The Labute approximate surface area is 200 Å². The molecule has 4 N–H and O–H groups in total. The molecular formula is C24H34N6O2S. The number of aliphatic hydroxyl groups excluding tert-OH is 1. The molecule has 2 aliphatic rings. The van der Waals surface area contributed by atoms with Gasteiger partial charge in [-0.15, -0.1) is 0 Å². The van der Waals surface area contributed by atoms with Crippen LogP contribution in [0, 0.1) is 5.41 Å². The normalized spacial score (nSPS) is 16.5. The van der Waals surface area contributed by atoms with Crippen molar-refractivity contribution in [1.82, 2.24) is 9.97 Å². The second-order valence-corrected chi connectivity index (χ2v) is 9.79. The second kappa shape index (κ2) is 11.1. The van der Waals surface area contributed by atoms with E-state index in [-0.39, 0.29) is 12.5 Å². The lowest BCUT2D eigenvalue weighted by molar-refractivity contribution is 0.102. The smallest absolute Gasteiger partial charge is 0.258 e. The van der Waals surface area contributed by atoms with Crippen LogP contribution < -0.4 is 20.3 Å². The van der Waals surface area contributed by atoms with E-state index in [4.69, 9.17) is 5.11 Å². The molecule has 0 radical (unpaired) electrons. The second-order valence-electron chi connectivity index (χ2n) is 8.89. The van der Waals surface area contributed by atoms with Crippen LogP contribution in [-0.2, 0) is 0 Å². The highest BCUT2D eigenvalue weighted by Gasteiger charge is 2.44. The van der Waals surface area contributed by atoms with Gasteiger partial charge in [0.25, 0.3) is 5.91 Å². The summed E-state index contributed by atoms with van der Waals surface area (Å²) in [5, 5.41) is 15.2. The van der Waals surface area contributed by atoms with Crippen LogP contribution in [0.2, 0.25) is 0 Å². The van der Waals surface area contributed by atoms with E-state index in [1.165, 1.54) is 37.6 Å². The number of carbonyl (C=O) groups is 1. The van der Waals surface area contributed by atoms with Crippen molar-refractivity contribution < 1.29 is 9.90 Å². The maximum atomic E-state index is 13.3. The van der Waals surface area contributed by atoms with Crippen molar-refractivity contribution in [3.05, 3.63) is 36.0 Å². The zero-order chi connectivity index (χ0) is 23.1. The molecule has 1 aliphatic carbocycles. The minimum Gasteiger partial charge on any atom is -0.395 e. The van der Waals surface area contributed by atoms with Crippen molar-refractivity contribution in [3.8, 4) is 0 Å². The highest BCUT2D eigenvalue weighted by molar-refractivity contribution is 8.00. The van der Waals surface area contributed by atoms with Crippen LogP contribution in [0.5, 0.6) is 0 Å². The number of hydrogen-bond acceptors (Lipinski definition) is 8. The highest BCUT2D eigenvalue weighted by Crippen LogP contribution is 2.54. The first kappa shape index (κ1) is 23.6. The van der Waals surface area contributed by atoms with Crippen molar-refractivity contribution in [2.45, 2.75) is 45.4 Å². The van der Waals surface area contributed by atoms with Gasteiger partial charge in [0.2, 0.25) is 5.95 Å². The molecule has 33 heavy (non-hydrogen) atoms. The van der Waals surface area contributed by atoms with E-state index < -0.39 is 0 Å². The van der Waals surface area contributed by atoms with E-state index in [1.54, 1.807) is 12.3 Å². The summed E-state index contributed by atoms with van der Waals surface area (Å²) < 4.78 is 3.27. The van der Waals surface area contributed by atoms with Gasteiger partial charge in [-0.3, -0.25) is 4.79 Å². The predicted molar refractivity (Wildman–Crippen MR) is 136 cm³/mol. The van der Waals surface area contributed by atoms with Gasteiger partial charge in [-0.2, -0.15) is 4.98 Å². The summed E-state index contributed by atoms with van der Waals surface area (Å²) in [6, 6.07) is 7.53. The molecule has 4 rings (SSSR count). The fraction of sp³-hybridized carbons (Fsp3) is 0.542. The average Bonchev–Trinajstić information content (AvgIpc) is 3.59. The molecule has 1 spiro atoms. The minimum absolute atomic E-state index is 0.118. The molecule has 9 heteroatoms. The van der Waals surface area contributed by atoms with Gasteiger partial charge in [-0.25, -0.2) is 4.98 Å². The molecule has 1 aromatic carbocycles. The zero-order valence-electron chi connectivity index (χ0n) is 19.3. The molecule has 1 saturated heterocycles. The molecule has 2 heterocycles. The van der Waals surface area contributed by atoms with E-state index >= 15 is 0 Å². The van der Waals surface area contributed by atoms with Crippen LogP contribution in [0.25, 0.3) is 0 Å². The van der Waals surface area contributed by atoms with Crippen LogP contribution in [0.3, 0.4) is 0 Å². The summed E-state index contributed by atoms with van der Waals surface area (Å²) in [7, 11) is 0. The number of nitrogens with one attached hydrogen (secondary N) is 3. The Balaban J connectivity index is 1.50. The largest absolute Gasteiger partial charge is 0.395 e. The molecule has 1 aromatic heterocycles. The maximum absolute atomic E-state index is 13.3. The van der Waals surface area contributed by atoms with E-state index in [1.807, 2.05) is 18.2 Å². The van der Waals surface area contributed by atoms with Gasteiger partial charge in [-0.1, -0.05) is 25.3 Å². The first-order chi connectivity index (χ1) is 16.1. The van der Waals surface area contributed by atoms with Crippen molar-refractivity contribution in [3.63, 3.8) is 0 Å². The third-order valence-electron chi connectivity index (χ3n) is 6.46. The monoisotopic (exact) mass is 470 g/mol. The molecule has 0 atom stereocenters. The van der Waals surface area contributed by atoms with Crippen molar-refractivity contribution in [2.24, 2.45) is 5.41 Å². The lowest BCUT2D eigenvalue weighted by Gasteiger charge is -2.35. The Morgan fingerprint density at radius 1 is 1.21 bits per heavy atom. The number of nitrogens with zero attached hydrogens (tertiary/aromatic N) is 3. The van der Waals surface area contributed by atoms with Gasteiger partial charge in [0.15, 0.2) is 0 Å². The molecule has 0 unspecified atom stereocenters. The Kier molecular flexibility index (Phi) is 7.93. The molecule has 1 saturated carbocycles. The molecule has 1 aliphatic heterocycles. The Morgan fingerprint density at radius 3 is 2.76 bits per heavy atom. The molecule has 2 aromatic rings. The lowest BCUT2D eigenvalue weighted by atomic mass is 9.93. The molecule has 178 valence electrons. The quantitative estimate of drug-likeness (QED) is 0.284. The Hall–Kier alpha value is -2.52. The lowest BCUT2D eigenvalue weighted by Crippen LogP contribution is -2.35. The molecule has 8 nitrogen and oxygen atoms in total. The maximum Gasteiger partial charge on any atom is 0.258 e. The fourth-order valence-corrected chi connectivity index (χ4v) is 4.69. The van der Waals surface area contributed by atoms with Crippen molar-refractivity contribution in [2.75, 3.05) is 52.2 Å². The van der Waals surface area contributed by atoms with E-state index in [0.29, 0.717) is 28.5 Å². The van der Waals surface area contributed by atoms with E-state index in [2.05, 4.69) is 37.1 Å². The van der Waals surface area contributed by atoms with E-state index in [0.717, 1.165) is 43.9 Å². The number of rotatable bonds is 11. The number of benzene rings is 1. The Morgan fingerprint density at radius 2 is 2.03 bits per heavy atom. The molecule has 0 bridgehead atoms. The van der Waals surface area contributed by atoms with Crippen LogP contribution in [0.4, 0.5) is 23.1 Å². The van der Waals surface area contributed by atoms with Gasteiger partial charge in [-0.05, 0) is 61.8 Å². The van der Waals surface area contributed by atoms with Crippen LogP contribution in [-0.4, -0.2) is 53.0 Å². The van der Waals surface area contributed by atoms with Crippen LogP contribution in [0.15, 0.2) is 30.5 Å². The minimum atomic E-state index is -0.176. The standard InChI is InChI=1S/C24H34N6O2S/c1-2-3-11-25-23-26-12-6-21(28-23)27-22(32)19-5-4-18(29-33-16-15-31)17-20(19)30-13-9-24(7-8-24)10-14-30/h4-6,12,17,29,31H,2-3,7-11,13-16H2,1H3,(H2,25,26,27,28,32). The number of amides is 1. The predicted octanol–water partition coefficient (Wildman–Crippen LogP) is 4.37. The summed E-state index contributed by atoms with van der Waals surface area (Å²) in [5.41, 5.74) is 3.07. The number of aliphatic hydroxyl groups is 1. The molecule has 1 amide bonds. The first-order valence-corrected chi connectivity index (χ1v) is 12.9. The summed E-state index contributed by atoms with van der Waals surface area (Å²) in [5.74, 6) is 1.43. The summed E-state index contributed by atoms with van der Waals surface area (Å²) in [6.45, 7) is 4.99. The van der Waals surface area contributed by atoms with Gasteiger partial charge < -0.3 is 25.4 Å². The highest BCUT2D eigenvalue weighted by atomic mass is 32.2. The van der Waals surface area contributed by atoms with Crippen molar-refractivity contribution >= 4 is 41.0 Å². The average molecular weight is 471 g/mol. The number of piperidine rings is 1. The van der Waals surface area contributed by atoms with Gasteiger partial charge >= 0.3 is 0 Å². The van der Waals surface area contributed by atoms with Gasteiger partial charge in [0.1, 0.15) is 5.82 Å². The molecular weight excluding hydrogens is 436 g/mol. The van der Waals surface area contributed by atoms with Crippen LogP contribution in [0.1, 0.15) is 55.8 Å². The number of anilines is 4. The summed E-state index contributed by atoms with van der Waals surface area (Å²) in [4.78, 5) is 24.3.